The van der Waals surface area contributed by atoms with Gasteiger partial charge in [0.15, 0.2) is 12.3 Å². The second-order valence-corrected chi connectivity index (χ2v) is 13.0. The van der Waals surface area contributed by atoms with Crippen molar-refractivity contribution in [1.29, 1.82) is 0 Å². The minimum atomic E-state index is -1.67. The molecule has 0 aliphatic carbocycles. The Bertz CT molecular complexity index is 1780. The Balaban J connectivity index is 1.62. The predicted molar refractivity (Wildman–Crippen MR) is 178 cm³/mol. The van der Waals surface area contributed by atoms with Crippen LogP contribution in [-0.4, -0.2) is 114 Å². The topological polar surface area (TPSA) is 268 Å². The zero-order chi connectivity index (χ0) is 38.2. The molecule has 0 radical (unpaired) electrons. The average molecular weight is 733 g/mol. The molecule has 1 aliphatic rings. The van der Waals surface area contributed by atoms with Crippen molar-refractivity contribution in [2.24, 2.45) is 0 Å². The first-order valence-electron chi connectivity index (χ1n) is 16.3. The quantitative estimate of drug-likeness (QED) is 0.0937. The number of carbonyl (C=O) groups is 3. The minimum Gasteiger partial charge on any atom is -0.461 e. The monoisotopic (exact) mass is 732 g/mol. The van der Waals surface area contributed by atoms with Gasteiger partial charge < -0.3 is 54.6 Å². The fourth-order valence-corrected chi connectivity index (χ4v) is 5.16. The standard InChI is InChI=1S/C33H44N6O13/c1-18-13-38(31(47)37-28(18)45)15-23(41)39(14-19-6-5-9-34-12-19)24(29(46)35-10-11-36-32(48)52-33(2,3)4)21-8-7-20(50-21)17-49-30-27(44)26(43)25(42)22(16-40)51-30/h5-9,12-13,22,24-27,30,40,42-44H,10-11,14-17H2,1-4H3,(H,35,46)(H,36,48)(H,37,45,47)/t22?,24?,25-,26?,27?,30?/m1/s1. The Morgan fingerprint density at radius 1 is 1.08 bits per heavy atom. The van der Waals surface area contributed by atoms with Crippen molar-refractivity contribution in [3.8, 4) is 0 Å². The van der Waals surface area contributed by atoms with Crippen LogP contribution in [0.25, 0.3) is 0 Å². The van der Waals surface area contributed by atoms with Gasteiger partial charge in [-0.1, -0.05) is 6.07 Å². The van der Waals surface area contributed by atoms with Crippen LogP contribution in [0.2, 0.25) is 0 Å². The summed E-state index contributed by atoms with van der Waals surface area (Å²) < 4.78 is 23.1. The van der Waals surface area contributed by atoms with Crippen molar-refractivity contribution < 1.29 is 53.4 Å². The van der Waals surface area contributed by atoms with Gasteiger partial charge in [0.25, 0.3) is 11.5 Å². The number of H-pyrrole nitrogens is 1. The van der Waals surface area contributed by atoms with Gasteiger partial charge >= 0.3 is 11.8 Å². The molecule has 19 nitrogen and oxygen atoms in total. The van der Waals surface area contributed by atoms with E-state index in [4.69, 9.17) is 18.6 Å². The minimum absolute atomic E-state index is 0.0354. The number of hydrogen-bond acceptors (Lipinski definition) is 14. The lowest BCUT2D eigenvalue weighted by Crippen LogP contribution is -2.59. The van der Waals surface area contributed by atoms with Crippen LogP contribution in [0.4, 0.5) is 4.79 Å². The number of aliphatic hydroxyl groups is 4. The number of carbonyl (C=O) groups excluding carboxylic acids is 3. The molecule has 52 heavy (non-hydrogen) atoms. The van der Waals surface area contributed by atoms with Gasteiger partial charge in [-0.25, -0.2) is 9.59 Å². The molecule has 3 amide bonds. The summed E-state index contributed by atoms with van der Waals surface area (Å²) >= 11 is 0. The SMILES string of the molecule is Cc1cn(CC(=O)N(Cc2cccnc2)C(C(=O)NCCNC(=O)OC(C)(C)C)c2ccc(COC3OC(CO)[C@@H](O)C(O)C3O)o2)c(=O)[nH]c1=O. The third kappa shape index (κ3) is 10.6. The van der Waals surface area contributed by atoms with E-state index in [-0.39, 0.29) is 43.3 Å². The van der Waals surface area contributed by atoms with Crippen LogP contribution in [0.5, 0.6) is 0 Å². The van der Waals surface area contributed by atoms with E-state index in [1.807, 2.05) is 0 Å². The second kappa shape index (κ2) is 17.5. The fraction of sp³-hybridized carbons (Fsp3) is 0.515. The summed E-state index contributed by atoms with van der Waals surface area (Å²) in [5.74, 6) is -1.41. The molecule has 284 valence electrons. The number of rotatable bonds is 14. The summed E-state index contributed by atoms with van der Waals surface area (Å²) in [5.41, 5.74) is -1.52. The number of ether oxygens (including phenoxy) is 3. The van der Waals surface area contributed by atoms with Gasteiger partial charge in [0.1, 0.15) is 54.7 Å². The van der Waals surface area contributed by atoms with Gasteiger partial charge in [-0.15, -0.1) is 0 Å². The maximum Gasteiger partial charge on any atom is 0.407 e. The summed E-state index contributed by atoms with van der Waals surface area (Å²) in [6, 6.07) is 4.67. The summed E-state index contributed by atoms with van der Waals surface area (Å²) in [4.78, 5) is 72.1. The maximum absolute atomic E-state index is 14.1. The molecule has 3 aromatic heterocycles. The maximum atomic E-state index is 14.1. The first kappa shape index (κ1) is 39.9. The van der Waals surface area contributed by atoms with E-state index in [9.17, 15) is 44.4 Å². The van der Waals surface area contributed by atoms with E-state index in [2.05, 4.69) is 20.6 Å². The highest BCUT2D eigenvalue weighted by Gasteiger charge is 2.44. The van der Waals surface area contributed by atoms with Crippen LogP contribution in [0.3, 0.4) is 0 Å². The summed E-state index contributed by atoms with van der Waals surface area (Å²) in [5, 5.41) is 45.2. The number of nitrogens with one attached hydrogen (secondary N) is 3. The van der Waals surface area contributed by atoms with Crippen molar-refractivity contribution in [2.75, 3.05) is 19.7 Å². The number of aliphatic hydroxyl groups excluding tert-OH is 4. The first-order chi connectivity index (χ1) is 24.6. The van der Waals surface area contributed by atoms with Crippen LogP contribution >= 0.6 is 0 Å². The molecule has 4 heterocycles. The van der Waals surface area contributed by atoms with Crippen molar-refractivity contribution in [1.82, 2.24) is 30.1 Å². The molecule has 0 spiro atoms. The molecule has 5 unspecified atom stereocenters. The van der Waals surface area contributed by atoms with Crippen LogP contribution in [0.1, 0.15) is 49.5 Å². The highest BCUT2D eigenvalue weighted by molar-refractivity contribution is 5.88. The first-order valence-corrected chi connectivity index (χ1v) is 16.3. The number of aryl methyl sites for hydroxylation is 1. The molecule has 4 rings (SSSR count). The molecule has 0 aromatic carbocycles. The molecule has 19 heteroatoms. The van der Waals surface area contributed by atoms with Gasteiger partial charge in [-0.2, -0.15) is 0 Å². The number of nitrogens with zero attached hydrogens (tertiary/aromatic N) is 3. The Labute approximate surface area is 297 Å². The van der Waals surface area contributed by atoms with Gasteiger partial charge in [0, 0.05) is 43.8 Å². The third-order valence-electron chi connectivity index (χ3n) is 7.73. The number of alkyl carbamates (subject to hydrolysis) is 1. The summed E-state index contributed by atoms with van der Waals surface area (Å²) in [6.45, 7) is 4.63. The van der Waals surface area contributed by atoms with Gasteiger partial charge in [-0.05, 0) is 51.5 Å². The number of pyridine rings is 1. The highest BCUT2D eigenvalue weighted by atomic mass is 16.7. The van der Waals surface area contributed by atoms with E-state index in [1.54, 1.807) is 32.9 Å². The smallest absolute Gasteiger partial charge is 0.407 e. The lowest BCUT2D eigenvalue weighted by molar-refractivity contribution is -0.304. The normalized spacial score (nSPS) is 20.9. The lowest BCUT2D eigenvalue weighted by Gasteiger charge is -2.39. The van der Waals surface area contributed by atoms with Crippen molar-refractivity contribution in [2.45, 2.75) is 89.7 Å². The van der Waals surface area contributed by atoms with E-state index < -0.39 is 84.7 Å². The Morgan fingerprint density at radius 2 is 1.81 bits per heavy atom. The Morgan fingerprint density at radius 3 is 2.48 bits per heavy atom. The fourth-order valence-electron chi connectivity index (χ4n) is 5.16. The lowest BCUT2D eigenvalue weighted by atomic mass is 9.99. The van der Waals surface area contributed by atoms with Crippen molar-refractivity contribution in [3.63, 3.8) is 0 Å². The molecule has 1 aliphatic heterocycles. The molecular weight excluding hydrogens is 688 g/mol. The second-order valence-electron chi connectivity index (χ2n) is 13.0. The van der Waals surface area contributed by atoms with Crippen molar-refractivity contribution in [3.05, 3.63) is 86.3 Å². The average Bonchev–Trinajstić information content (AvgIpc) is 3.55. The summed E-state index contributed by atoms with van der Waals surface area (Å²) in [6.07, 6.45) is -4.09. The van der Waals surface area contributed by atoms with Gasteiger partial charge in [-0.3, -0.25) is 28.9 Å². The van der Waals surface area contributed by atoms with Gasteiger partial charge in [0.05, 0.1) is 6.61 Å². The van der Waals surface area contributed by atoms with Crippen LogP contribution in [-0.2, 0) is 43.5 Å². The number of aromatic nitrogens is 3. The van der Waals surface area contributed by atoms with E-state index in [1.165, 1.54) is 37.6 Å². The molecule has 6 atom stereocenters. The van der Waals surface area contributed by atoms with E-state index >= 15 is 0 Å². The van der Waals surface area contributed by atoms with Crippen LogP contribution in [0.15, 0.2) is 56.9 Å². The Kier molecular flexibility index (Phi) is 13.4. The molecular formula is C33H44N6O13. The number of furan rings is 1. The summed E-state index contributed by atoms with van der Waals surface area (Å²) in [7, 11) is 0. The van der Waals surface area contributed by atoms with Crippen molar-refractivity contribution >= 4 is 17.9 Å². The van der Waals surface area contributed by atoms with E-state index in [0.29, 0.717) is 5.56 Å². The molecule has 7 N–H and O–H groups in total. The molecule has 3 aromatic rings. The number of hydrogen-bond donors (Lipinski definition) is 7. The third-order valence-corrected chi connectivity index (χ3v) is 7.73. The Hall–Kier alpha value is -4.92. The molecule has 1 fully saturated rings. The van der Waals surface area contributed by atoms with Crippen LogP contribution < -0.4 is 21.9 Å². The largest absolute Gasteiger partial charge is 0.461 e. The van der Waals surface area contributed by atoms with E-state index in [0.717, 1.165) is 9.47 Å². The number of amides is 3. The zero-order valence-electron chi connectivity index (χ0n) is 29.1. The van der Waals surface area contributed by atoms with Crippen LogP contribution in [0, 0.1) is 6.92 Å². The molecule has 0 saturated carbocycles. The molecule has 1 saturated heterocycles. The zero-order valence-corrected chi connectivity index (χ0v) is 29.1. The number of aromatic amines is 1. The predicted octanol–water partition coefficient (Wildman–Crippen LogP) is -1.44. The highest BCUT2D eigenvalue weighted by Crippen LogP contribution is 2.28. The molecule has 0 bridgehead atoms. The van der Waals surface area contributed by atoms with Gasteiger partial charge in [0.2, 0.25) is 5.91 Å².